The minimum Gasteiger partial charge on any atom is -0.507 e. The van der Waals surface area contributed by atoms with Gasteiger partial charge in [0, 0.05) is 5.56 Å². The molecular weight excluding hydrogens is 398 g/mol. The second kappa shape index (κ2) is 8.02. The molecule has 1 aliphatic rings. The summed E-state index contributed by atoms with van der Waals surface area (Å²) < 4.78 is 11.1. The molecule has 1 aliphatic heterocycles. The number of rotatable bonds is 5. The highest BCUT2D eigenvalue weighted by atomic mass is 16.5. The Labute approximate surface area is 178 Å². The third kappa shape index (κ3) is 3.66. The van der Waals surface area contributed by atoms with Crippen molar-refractivity contribution < 1.29 is 29.0 Å². The van der Waals surface area contributed by atoms with Gasteiger partial charge in [0.1, 0.15) is 29.1 Å². The van der Waals surface area contributed by atoms with Gasteiger partial charge in [-0.15, -0.1) is 0 Å². The van der Waals surface area contributed by atoms with Crippen molar-refractivity contribution in [1.29, 1.82) is 0 Å². The summed E-state index contributed by atoms with van der Waals surface area (Å²) in [6, 6.07) is 15.0. The Morgan fingerprint density at radius 3 is 2.35 bits per heavy atom. The van der Waals surface area contributed by atoms with Gasteiger partial charge in [-0.2, -0.15) is 0 Å². The van der Waals surface area contributed by atoms with Crippen LogP contribution in [0.3, 0.4) is 0 Å². The number of Topliss-reactive ketones (excluding diaryl/α,β-unsaturated/α-hetero) is 1. The van der Waals surface area contributed by atoms with E-state index in [-0.39, 0.29) is 34.6 Å². The number of nitrogens with zero attached hydrogens (tertiary/aromatic N) is 1. The quantitative estimate of drug-likeness (QED) is 0.361. The van der Waals surface area contributed by atoms with Gasteiger partial charge in [-0.3, -0.25) is 14.5 Å². The van der Waals surface area contributed by atoms with E-state index in [4.69, 9.17) is 9.15 Å². The zero-order chi connectivity index (χ0) is 22.1. The Kier molecular flexibility index (Phi) is 5.25. The molecule has 3 aromatic rings. The maximum Gasteiger partial charge on any atom is 0.300 e. The van der Waals surface area contributed by atoms with Crippen LogP contribution < -0.4 is 9.64 Å². The largest absolute Gasteiger partial charge is 0.507 e. The van der Waals surface area contributed by atoms with E-state index in [0.29, 0.717) is 11.3 Å². The molecule has 31 heavy (non-hydrogen) atoms. The number of amides is 1. The van der Waals surface area contributed by atoms with Crippen LogP contribution in [0.4, 0.5) is 5.69 Å². The van der Waals surface area contributed by atoms with E-state index in [2.05, 4.69) is 0 Å². The van der Waals surface area contributed by atoms with Crippen molar-refractivity contribution in [2.45, 2.75) is 26.0 Å². The lowest BCUT2D eigenvalue weighted by atomic mass is 9.99. The lowest BCUT2D eigenvalue weighted by molar-refractivity contribution is -0.132. The monoisotopic (exact) mass is 419 g/mol. The molecule has 0 saturated carbocycles. The Bertz CT molecular complexity index is 1150. The van der Waals surface area contributed by atoms with Crippen molar-refractivity contribution in [3.63, 3.8) is 0 Å². The Morgan fingerprint density at radius 2 is 1.74 bits per heavy atom. The van der Waals surface area contributed by atoms with Crippen LogP contribution >= 0.6 is 0 Å². The summed E-state index contributed by atoms with van der Waals surface area (Å²) >= 11 is 0. The molecule has 2 aromatic carbocycles. The van der Waals surface area contributed by atoms with Crippen molar-refractivity contribution in [3.05, 3.63) is 83.8 Å². The first-order valence-corrected chi connectivity index (χ1v) is 9.78. The maximum absolute atomic E-state index is 13.0. The lowest BCUT2D eigenvalue weighted by Crippen LogP contribution is -2.29. The average molecular weight is 419 g/mol. The second-order valence-corrected chi connectivity index (χ2v) is 7.36. The minimum absolute atomic E-state index is 0.0118. The molecule has 7 nitrogen and oxygen atoms in total. The predicted molar refractivity (Wildman–Crippen MR) is 114 cm³/mol. The zero-order valence-corrected chi connectivity index (χ0v) is 17.0. The number of aromatic hydroxyl groups is 1. The molecular formula is C24H21NO6. The van der Waals surface area contributed by atoms with Gasteiger partial charge >= 0.3 is 0 Å². The number of para-hydroxylation sites is 2. The first kappa shape index (κ1) is 20.3. The fourth-order valence-electron chi connectivity index (χ4n) is 3.58. The summed E-state index contributed by atoms with van der Waals surface area (Å²) in [4.78, 5) is 27.1. The number of phenols is 1. The number of ether oxygens (including phenoxy) is 1. The number of ketones is 1. The molecule has 0 bridgehead atoms. The molecule has 1 amide bonds. The van der Waals surface area contributed by atoms with Crippen LogP contribution in [0.15, 0.2) is 76.9 Å². The third-order valence-corrected chi connectivity index (χ3v) is 4.90. The number of carbonyl (C=O) groups excluding carboxylic acids is 2. The normalized spacial score (nSPS) is 18.0. The van der Waals surface area contributed by atoms with Crippen LogP contribution in [0.2, 0.25) is 0 Å². The molecule has 1 atom stereocenters. The minimum atomic E-state index is -1.03. The van der Waals surface area contributed by atoms with E-state index in [1.54, 1.807) is 48.5 Å². The van der Waals surface area contributed by atoms with E-state index in [1.165, 1.54) is 18.4 Å². The standard InChI is InChI=1S/C24H21NO6/c1-14(2)31-16-11-9-15(10-12-16)22(27)20-21(19-8-5-13-30-19)25(24(29)23(20)28)17-6-3-4-7-18(17)26/h3-14,21,26-27H,1-2H3/b22-20-. The molecule has 0 aliphatic carbocycles. The van der Waals surface area contributed by atoms with E-state index in [9.17, 15) is 19.8 Å². The molecule has 0 spiro atoms. The summed E-state index contributed by atoms with van der Waals surface area (Å²) in [6.45, 7) is 3.80. The summed E-state index contributed by atoms with van der Waals surface area (Å²) in [5, 5.41) is 21.3. The van der Waals surface area contributed by atoms with E-state index in [0.717, 1.165) is 4.90 Å². The Balaban J connectivity index is 1.85. The molecule has 4 rings (SSSR count). The summed E-state index contributed by atoms with van der Waals surface area (Å²) in [7, 11) is 0. The SMILES string of the molecule is CC(C)Oc1ccc(/C(O)=C2/C(=O)C(=O)N(c3ccccc3O)C2c2ccco2)cc1. The number of aliphatic hydroxyl groups is 1. The van der Waals surface area contributed by atoms with Gasteiger partial charge in [0.05, 0.1) is 23.6 Å². The van der Waals surface area contributed by atoms with Gasteiger partial charge < -0.3 is 19.4 Å². The Hall–Kier alpha value is -4.00. The molecule has 1 unspecified atom stereocenters. The van der Waals surface area contributed by atoms with Crippen LogP contribution in [0.1, 0.15) is 31.2 Å². The second-order valence-electron chi connectivity index (χ2n) is 7.36. The van der Waals surface area contributed by atoms with Crippen molar-refractivity contribution >= 4 is 23.1 Å². The van der Waals surface area contributed by atoms with Crippen molar-refractivity contribution in [1.82, 2.24) is 0 Å². The summed E-state index contributed by atoms with van der Waals surface area (Å²) in [5.74, 6) is -1.36. The molecule has 2 heterocycles. The van der Waals surface area contributed by atoms with E-state index >= 15 is 0 Å². The topological polar surface area (TPSA) is 100 Å². The molecule has 1 fully saturated rings. The maximum atomic E-state index is 13.0. The fourth-order valence-corrected chi connectivity index (χ4v) is 3.58. The van der Waals surface area contributed by atoms with E-state index in [1.807, 2.05) is 13.8 Å². The van der Waals surface area contributed by atoms with Crippen LogP contribution in [-0.2, 0) is 9.59 Å². The molecule has 158 valence electrons. The van der Waals surface area contributed by atoms with Crippen molar-refractivity contribution in [2.75, 3.05) is 4.90 Å². The van der Waals surface area contributed by atoms with Gasteiger partial charge in [0.2, 0.25) is 0 Å². The number of hydrogen-bond acceptors (Lipinski definition) is 6. The van der Waals surface area contributed by atoms with Crippen molar-refractivity contribution in [3.8, 4) is 11.5 Å². The highest BCUT2D eigenvalue weighted by Gasteiger charge is 2.49. The van der Waals surface area contributed by atoms with E-state index < -0.39 is 17.7 Å². The zero-order valence-electron chi connectivity index (χ0n) is 17.0. The van der Waals surface area contributed by atoms with Gasteiger partial charge in [0.25, 0.3) is 11.7 Å². The Morgan fingerprint density at radius 1 is 1.03 bits per heavy atom. The summed E-state index contributed by atoms with van der Waals surface area (Å²) in [6.07, 6.45) is 1.40. The highest BCUT2D eigenvalue weighted by Crippen LogP contribution is 2.44. The number of hydrogen-bond donors (Lipinski definition) is 2. The van der Waals surface area contributed by atoms with Gasteiger partial charge in [0.15, 0.2) is 0 Å². The van der Waals surface area contributed by atoms with Crippen LogP contribution in [0, 0.1) is 0 Å². The molecule has 0 radical (unpaired) electrons. The first-order chi connectivity index (χ1) is 14.9. The fraction of sp³-hybridized carbons (Fsp3) is 0.167. The number of phenolic OH excluding ortho intramolecular Hbond substituents is 1. The number of carbonyl (C=O) groups is 2. The van der Waals surface area contributed by atoms with Gasteiger partial charge in [-0.25, -0.2) is 0 Å². The average Bonchev–Trinajstić information content (AvgIpc) is 3.36. The van der Waals surface area contributed by atoms with Crippen molar-refractivity contribution in [2.24, 2.45) is 0 Å². The molecule has 1 saturated heterocycles. The summed E-state index contributed by atoms with van der Waals surface area (Å²) in [5.41, 5.74) is 0.370. The lowest BCUT2D eigenvalue weighted by Gasteiger charge is -2.24. The number of aliphatic hydroxyl groups excluding tert-OH is 1. The number of benzene rings is 2. The highest BCUT2D eigenvalue weighted by molar-refractivity contribution is 6.51. The number of furan rings is 1. The number of anilines is 1. The van der Waals surface area contributed by atoms with Gasteiger partial charge in [-0.1, -0.05) is 12.1 Å². The van der Waals surface area contributed by atoms with Crippen LogP contribution in [0.5, 0.6) is 11.5 Å². The smallest absolute Gasteiger partial charge is 0.300 e. The van der Waals surface area contributed by atoms with Crippen LogP contribution in [-0.4, -0.2) is 28.0 Å². The molecule has 2 N–H and O–H groups in total. The third-order valence-electron chi connectivity index (χ3n) is 4.90. The van der Waals surface area contributed by atoms with Crippen LogP contribution in [0.25, 0.3) is 5.76 Å². The first-order valence-electron chi connectivity index (χ1n) is 9.78. The predicted octanol–water partition coefficient (Wildman–Crippen LogP) is 4.40. The molecule has 7 heteroatoms. The molecule has 1 aromatic heterocycles. The van der Waals surface area contributed by atoms with Gasteiger partial charge in [-0.05, 0) is 62.4 Å².